The van der Waals surface area contributed by atoms with Crippen LogP contribution in [0.3, 0.4) is 0 Å². The van der Waals surface area contributed by atoms with Gasteiger partial charge in [0.25, 0.3) is 12.3 Å². The molecular formula is C16H18Cl2F2N4O2. The van der Waals surface area contributed by atoms with Crippen molar-refractivity contribution >= 4 is 29.1 Å². The van der Waals surface area contributed by atoms with Crippen LogP contribution in [0.5, 0.6) is 0 Å². The number of hydrogen-bond acceptors (Lipinski definition) is 4. The lowest BCUT2D eigenvalue weighted by Crippen LogP contribution is -2.42. The van der Waals surface area contributed by atoms with Gasteiger partial charge in [-0.05, 0) is 24.6 Å². The third-order valence-electron chi connectivity index (χ3n) is 3.71. The number of benzene rings is 1. The van der Waals surface area contributed by atoms with E-state index in [-0.39, 0.29) is 5.56 Å². The number of aryl methyl sites for hydroxylation is 1. The Bertz CT molecular complexity index is 786. The second-order valence-corrected chi connectivity index (χ2v) is 6.47. The highest BCUT2D eigenvalue weighted by Crippen LogP contribution is 2.29. The van der Waals surface area contributed by atoms with Gasteiger partial charge in [0, 0.05) is 29.3 Å². The van der Waals surface area contributed by atoms with Crippen molar-refractivity contribution in [3.8, 4) is 0 Å². The van der Waals surface area contributed by atoms with Crippen LogP contribution in [0.15, 0.2) is 24.4 Å². The molecule has 2 aromatic rings. The summed E-state index contributed by atoms with van der Waals surface area (Å²) in [7, 11) is 2.89. The number of amides is 1. The van der Waals surface area contributed by atoms with Gasteiger partial charge in [0.2, 0.25) is 0 Å². The van der Waals surface area contributed by atoms with Crippen LogP contribution in [0.4, 0.5) is 8.78 Å². The van der Waals surface area contributed by atoms with E-state index in [0.717, 1.165) is 0 Å². The molecule has 0 saturated carbocycles. The maximum atomic E-state index is 13.1. The van der Waals surface area contributed by atoms with Crippen molar-refractivity contribution in [1.82, 2.24) is 20.6 Å². The average Bonchev–Trinajstić information content (AvgIpc) is 2.95. The molecule has 10 heteroatoms. The van der Waals surface area contributed by atoms with Gasteiger partial charge in [0.1, 0.15) is 5.69 Å². The summed E-state index contributed by atoms with van der Waals surface area (Å²) in [6, 6.07) is 3.82. The van der Waals surface area contributed by atoms with E-state index in [9.17, 15) is 13.6 Å². The Balaban J connectivity index is 2.24. The summed E-state index contributed by atoms with van der Waals surface area (Å²) >= 11 is 12.1. The molecule has 0 aliphatic rings. The Morgan fingerprint density at radius 3 is 2.62 bits per heavy atom. The van der Waals surface area contributed by atoms with E-state index >= 15 is 0 Å². The first-order valence-corrected chi connectivity index (χ1v) is 8.36. The molecule has 2 rings (SSSR count). The zero-order valence-electron chi connectivity index (χ0n) is 14.3. The Labute approximate surface area is 159 Å². The van der Waals surface area contributed by atoms with Crippen LogP contribution in [0.25, 0.3) is 0 Å². The molecule has 2 N–H and O–H groups in total. The zero-order valence-corrected chi connectivity index (χ0v) is 15.8. The third kappa shape index (κ3) is 4.70. The number of rotatable bonds is 7. The summed E-state index contributed by atoms with van der Waals surface area (Å²) in [5.74, 6) is -0.672. The van der Waals surface area contributed by atoms with Crippen LogP contribution in [0, 0.1) is 0 Å². The predicted octanol–water partition coefficient (Wildman–Crippen LogP) is 3.68. The summed E-state index contributed by atoms with van der Waals surface area (Å²) in [6.07, 6.45) is -1.61. The highest BCUT2D eigenvalue weighted by Gasteiger charge is 2.27. The summed E-state index contributed by atoms with van der Waals surface area (Å²) in [4.78, 5) is 17.4. The third-order valence-corrected chi connectivity index (χ3v) is 4.27. The SMILES string of the molecule is CONC(c1ccc(Cl)cc1Cl)C(C)NC(=O)c1cn(C)nc1C(F)F. The Morgan fingerprint density at radius 1 is 1.35 bits per heavy atom. The van der Waals surface area contributed by atoms with Crippen molar-refractivity contribution in [2.75, 3.05) is 7.11 Å². The van der Waals surface area contributed by atoms with Crippen molar-refractivity contribution < 1.29 is 18.4 Å². The van der Waals surface area contributed by atoms with Crippen molar-refractivity contribution in [2.45, 2.75) is 25.4 Å². The highest BCUT2D eigenvalue weighted by atomic mass is 35.5. The molecule has 1 aromatic heterocycles. The zero-order chi connectivity index (χ0) is 19.4. The van der Waals surface area contributed by atoms with E-state index in [4.69, 9.17) is 28.0 Å². The minimum Gasteiger partial charge on any atom is -0.347 e. The fourth-order valence-corrected chi connectivity index (χ4v) is 3.05. The quantitative estimate of drug-likeness (QED) is 0.688. The number of carbonyl (C=O) groups excluding carboxylic acids is 1. The van der Waals surface area contributed by atoms with Crippen LogP contribution >= 0.6 is 23.2 Å². The van der Waals surface area contributed by atoms with E-state index in [1.54, 1.807) is 25.1 Å². The Hall–Kier alpha value is -1.74. The molecule has 1 aromatic carbocycles. The van der Waals surface area contributed by atoms with E-state index in [1.165, 1.54) is 25.0 Å². The van der Waals surface area contributed by atoms with Gasteiger partial charge in [-0.3, -0.25) is 9.48 Å². The van der Waals surface area contributed by atoms with Gasteiger partial charge in [0.05, 0.1) is 18.7 Å². The second kappa shape index (κ2) is 8.77. The van der Waals surface area contributed by atoms with Crippen LogP contribution in [0.2, 0.25) is 10.0 Å². The van der Waals surface area contributed by atoms with E-state index in [1.807, 2.05) is 0 Å². The standard InChI is InChI=1S/C16H18Cl2F2N4O2/c1-8(13(23-26-3)10-5-4-9(17)6-12(10)18)21-16(25)11-7-24(2)22-14(11)15(19)20/h4-8,13,15,23H,1-3H3,(H,21,25). The maximum absolute atomic E-state index is 13.1. The number of carbonyl (C=O) groups is 1. The monoisotopic (exact) mass is 406 g/mol. The normalized spacial score (nSPS) is 13.7. The van der Waals surface area contributed by atoms with Gasteiger partial charge in [-0.2, -0.15) is 10.6 Å². The van der Waals surface area contributed by atoms with Crippen molar-refractivity contribution in [3.05, 3.63) is 51.3 Å². The topological polar surface area (TPSA) is 68.2 Å². The minimum absolute atomic E-state index is 0.187. The molecule has 0 bridgehead atoms. The largest absolute Gasteiger partial charge is 0.347 e. The van der Waals surface area contributed by atoms with Gasteiger partial charge in [-0.15, -0.1) is 0 Å². The van der Waals surface area contributed by atoms with Crippen LogP contribution in [-0.4, -0.2) is 28.8 Å². The first kappa shape index (κ1) is 20.6. The summed E-state index contributed by atoms with van der Waals surface area (Å²) in [5.41, 5.74) is 2.62. The van der Waals surface area contributed by atoms with Crippen LogP contribution in [0.1, 0.15) is 41.0 Å². The van der Waals surface area contributed by atoms with E-state index in [0.29, 0.717) is 15.6 Å². The molecule has 2 atom stereocenters. The molecule has 0 spiro atoms. The first-order chi connectivity index (χ1) is 12.2. The van der Waals surface area contributed by atoms with E-state index in [2.05, 4.69) is 15.9 Å². The Kier molecular flexibility index (Phi) is 6.94. The second-order valence-electron chi connectivity index (χ2n) is 5.63. The molecule has 142 valence electrons. The molecule has 0 aliphatic carbocycles. The van der Waals surface area contributed by atoms with Crippen molar-refractivity contribution in [1.29, 1.82) is 0 Å². The molecule has 2 unspecified atom stereocenters. The number of halogens is 4. The van der Waals surface area contributed by atoms with Gasteiger partial charge >= 0.3 is 0 Å². The molecule has 0 saturated heterocycles. The summed E-state index contributed by atoms with van der Waals surface area (Å²) in [5, 5.41) is 7.14. The molecule has 0 fully saturated rings. The lowest BCUT2D eigenvalue weighted by molar-refractivity contribution is 0.0482. The number of alkyl halides is 2. The fraction of sp³-hybridized carbons (Fsp3) is 0.375. The minimum atomic E-state index is -2.86. The van der Waals surface area contributed by atoms with Crippen molar-refractivity contribution in [2.24, 2.45) is 7.05 Å². The lowest BCUT2D eigenvalue weighted by atomic mass is 10.0. The Morgan fingerprint density at radius 2 is 2.04 bits per heavy atom. The lowest BCUT2D eigenvalue weighted by Gasteiger charge is -2.26. The number of nitrogens with zero attached hydrogens (tertiary/aromatic N) is 2. The predicted molar refractivity (Wildman–Crippen MR) is 94.4 cm³/mol. The molecule has 6 nitrogen and oxygen atoms in total. The summed E-state index contributed by atoms with van der Waals surface area (Å²) in [6.45, 7) is 1.69. The smallest absolute Gasteiger partial charge is 0.282 e. The molecule has 1 heterocycles. The molecule has 0 radical (unpaired) electrons. The van der Waals surface area contributed by atoms with Crippen LogP contribution < -0.4 is 10.8 Å². The number of hydrogen-bond donors (Lipinski definition) is 2. The molecule has 26 heavy (non-hydrogen) atoms. The number of aromatic nitrogens is 2. The molecule has 0 aliphatic heterocycles. The van der Waals surface area contributed by atoms with Crippen LogP contribution in [-0.2, 0) is 11.9 Å². The van der Waals surface area contributed by atoms with Gasteiger partial charge < -0.3 is 10.2 Å². The van der Waals surface area contributed by atoms with Gasteiger partial charge in [-0.25, -0.2) is 8.78 Å². The average molecular weight is 407 g/mol. The van der Waals surface area contributed by atoms with Gasteiger partial charge in [0.15, 0.2) is 0 Å². The maximum Gasteiger partial charge on any atom is 0.282 e. The summed E-state index contributed by atoms with van der Waals surface area (Å²) < 4.78 is 27.3. The highest BCUT2D eigenvalue weighted by molar-refractivity contribution is 6.35. The van der Waals surface area contributed by atoms with Crippen molar-refractivity contribution in [3.63, 3.8) is 0 Å². The molecular weight excluding hydrogens is 389 g/mol. The van der Waals surface area contributed by atoms with Gasteiger partial charge in [-0.1, -0.05) is 29.3 Å². The first-order valence-electron chi connectivity index (χ1n) is 7.60. The number of hydroxylamine groups is 1. The number of nitrogens with one attached hydrogen (secondary N) is 2. The molecule has 1 amide bonds. The fourth-order valence-electron chi connectivity index (χ4n) is 2.53. The van der Waals surface area contributed by atoms with E-state index < -0.39 is 30.1 Å².